The summed E-state index contributed by atoms with van der Waals surface area (Å²) in [5, 5.41) is 1.16. The van der Waals surface area contributed by atoms with E-state index in [9.17, 15) is 4.79 Å². The van der Waals surface area contributed by atoms with Crippen molar-refractivity contribution in [2.24, 2.45) is 0 Å². The smallest absolute Gasteiger partial charge is 0.246 e. The van der Waals surface area contributed by atoms with Crippen LogP contribution in [0.4, 0.5) is 0 Å². The molecule has 1 aliphatic carbocycles. The van der Waals surface area contributed by atoms with Gasteiger partial charge in [0.05, 0.1) is 7.11 Å². The molecule has 0 spiro atoms. The van der Waals surface area contributed by atoms with Crippen molar-refractivity contribution in [1.82, 2.24) is 4.90 Å². The molecule has 0 unspecified atom stereocenters. The predicted octanol–water partition coefficient (Wildman–Crippen LogP) is 4.59. The number of hydrogen-bond acceptors (Lipinski definition) is 3. The first kappa shape index (κ1) is 17.6. The van der Waals surface area contributed by atoms with Crippen molar-refractivity contribution in [3.63, 3.8) is 0 Å². The van der Waals surface area contributed by atoms with Crippen LogP contribution in [0.2, 0.25) is 0 Å². The summed E-state index contributed by atoms with van der Waals surface area (Å²) in [6.45, 7) is 7.39. The monoisotopic (exact) mass is 341 g/mol. The first-order chi connectivity index (χ1) is 12.1. The zero-order valence-corrected chi connectivity index (χ0v) is 15.6. The molecule has 3 rings (SSSR count). The van der Waals surface area contributed by atoms with E-state index in [1.54, 1.807) is 13.2 Å². The van der Waals surface area contributed by atoms with E-state index in [-0.39, 0.29) is 5.91 Å². The zero-order chi connectivity index (χ0) is 18.0. The summed E-state index contributed by atoms with van der Waals surface area (Å²) in [7, 11) is 1.66. The number of methoxy groups -OCH3 is 1. The average Bonchev–Trinajstić information content (AvgIpc) is 2.99. The molecule has 2 aromatic rings. The first-order valence-corrected chi connectivity index (χ1v) is 9.18. The normalized spacial score (nSPS) is 14.5. The average molecular weight is 341 g/mol. The Morgan fingerprint density at radius 1 is 1.24 bits per heavy atom. The molecule has 0 aliphatic heterocycles. The van der Waals surface area contributed by atoms with Gasteiger partial charge in [-0.25, -0.2) is 0 Å². The van der Waals surface area contributed by atoms with E-state index in [0.717, 1.165) is 46.5 Å². The van der Waals surface area contributed by atoms with Crippen molar-refractivity contribution in [3.05, 3.63) is 35.1 Å². The minimum Gasteiger partial charge on any atom is -0.496 e. The van der Waals surface area contributed by atoms with E-state index >= 15 is 0 Å². The van der Waals surface area contributed by atoms with Gasteiger partial charge in [0.25, 0.3) is 0 Å². The maximum atomic E-state index is 12.4. The number of likely N-dealkylation sites (N-methyl/N-ethyl adjacent to an activating group) is 1. The molecule has 0 N–H and O–H groups in total. The molecule has 4 heteroatoms. The van der Waals surface area contributed by atoms with Crippen molar-refractivity contribution in [3.8, 4) is 5.75 Å². The maximum Gasteiger partial charge on any atom is 0.246 e. The van der Waals surface area contributed by atoms with Gasteiger partial charge in [-0.3, -0.25) is 4.79 Å². The van der Waals surface area contributed by atoms with Gasteiger partial charge >= 0.3 is 0 Å². The molecule has 0 bridgehead atoms. The van der Waals surface area contributed by atoms with Crippen molar-refractivity contribution in [1.29, 1.82) is 0 Å². The summed E-state index contributed by atoms with van der Waals surface area (Å²) < 4.78 is 11.6. The topological polar surface area (TPSA) is 42.7 Å². The Balaban J connectivity index is 2.06. The van der Waals surface area contributed by atoms with Crippen LogP contribution in [0.1, 0.15) is 50.5 Å². The van der Waals surface area contributed by atoms with Gasteiger partial charge in [0.1, 0.15) is 17.1 Å². The highest BCUT2D eigenvalue weighted by atomic mass is 16.5. The molecular weight excluding hydrogens is 314 g/mol. The van der Waals surface area contributed by atoms with Gasteiger partial charge in [0.15, 0.2) is 0 Å². The molecule has 134 valence electrons. The second-order valence-electron chi connectivity index (χ2n) is 6.60. The first-order valence-electron chi connectivity index (χ1n) is 9.18. The van der Waals surface area contributed by atoms with Crippen LogP contribution in [0.15, 0.2) is 22.6 Å². The van der Waals surface area contributed by atoms with Gasteiger partial charge in [-0.2, -0.15) is 0 Å². The standard InChI is InChI=1S/C21H27NO3/c1-5-22(6-2)21(23)11-14(3)16-12-17-15-9-7-8-10-18(15)25-20(17)13-19(16)24-4/h11-13H,5-10H2,1-4H3/b14-11+. The van der Waals surface area contributed by atoms with Crippen LogP contribution in [-0.2, 0) is 17.6 Å². The molecule has 0 atom stereocenters. The molecule has 1 aromatic carbocycles. The highest BCUT2D eigenvalue weighted by Crippen LogP contribution is 2.37. The third kappa shape index (κ3) is 3.30. The number of fused-ring (bicyclic) bond motifs is 3. The van der Waals surface area contributed by atoms with Crippen LogP contribution < -0.4 is 4.74 Å². The highest BCUT2D eigenvalue weighted by molar-refractivity contribution is 5.97. The number of ether oxygens (including phenoxy) is 1. The van der Waals surface area contributed by atoms with Crippen LogP contribution in [0.3, 0.4) is 0 Å². The number of aryl methyl sites for hydroxylation is 2. The summed E-state index contributed by atoms with van der Waals surface area (Å²) in [6, 6.07) is 4.09. The lowest BCUT2D eigenvalue weighted by atomic mass is 9.94. The van der Waals surface area contributed by atoms with Crippen LogP contribution >= 0.6 is 0 Å². The van der Waals surface area contributed by atoms with E-state index in [2.05, 4.69) is 6.07 Å². The minimum absolute atomic E-state index is 0.0406. The number of furan rings is 1. The van der Waals surface area contributed by atoms with E-state index in [0.29, 0.717) is 13.1 Å². The number of carbonyl (C=O) groups is 1. The molecule has 1 heterocycles. The Kier molecular flexibility index (Phi) is 5.16. The van der Waals surface area contributed by atoms with Crippen LogP contribution in [0.5, 0.6) is 5.75 Å². The summed E-state index contributed by atoms with van der Waals surface area (Å²) >= 11 is 0. The van der Waals surface area contributed by atoms with Crippen LogP contribution in [0, 0.1) is 0 Å². The van der Waals surface area contributed by atoms with Gasteiger partial charge in [-0.05, 0) is 51.7 Å². The fourth-order valence-corrected chi connectivity index (χ4v) is 3.66. The molecule has 1 aromatic heterocycles. The molecule has 0 fully saturated rings. The van der Waals surface area contributed by atoms with E-state index in [1.807, 2.05) is 31.7 Å². The summed E-state index contributed by atoms with van der Waals surface area (Å²) in [5.74, 6) is 1.90. The van der Waals surface area contributed by atoms with Crippen LogP contribution in [0.25, 0.3) is 16.5 Å². The van der Waals surface area contributed by atoms with Gasteiger partial charge < -0.3 is 14.1 Å². The van der Waals surface area contributed by atoms with Crippen molar-refractivity contribution in [2.75, 3.05) is 20.2 Å². The second kappa shape index (κ2) is 7.34. The molecular formula is C21H27NO3. The van der Waals surface area contributed by atoms with Crippen molar-refractivity contribution >= 4 is 22.4 Å². The third-order valence-electron chi connectivity index (χ3n) is 5.12. The number of carbonyl (C=O) groups excluding carboxylic acids is 1. The largest absolute Gasteiger partial charge is 0.496 e. The Morgan fingerprint density at radius 2 is 1.96 bits per heavy atom. The van der Waals surface area contributed by atoms with Crippen LogP contribution in [-0.4, -0.2) is 31.0 Å². The number of hydrogen-bond donors (Lipinski definition) is 0. The Bertz CT molecular complexity index is 812. The summed E-state index contributed by atoms with van der Waals surface area (Å²) in [5.41, 5.74) is 4.09. The summed E-state index contributed by atoms with van der Waals surface area (Å²) in [6.07, 6.45) is 6.18. The molecule has 25 heavy (non-hydrogen) atoms. The fraction of sp³-hybridized carbons (Fsp3) is 0.476. The Labute approximate surface area is 149 Å². The number of allylic oxidation sites excluding steroid dienone is 1. The van der Waals surface area contributed by atoms with Crippen molar-refractivity contribution in [2.45, 2.75) is 46.5 Å². The number of nitrogens with zero attached hydrogens (tertiary/aromatic N) is 1. The lowest BCUT2D eigenvalue weighted by Crippen LogP contribution is -2.28. The highest BCUT2D eigenvalue weighted by Gasteiger charge is 2.20. The molecule has 0 saturated carbocycles. The molecule has 0 radical (unpaired) electrons. The number of rotatable bonds is 5. The maximum absolute atomic E-state index is 12.4. The Hall–Kier alpha value is -2.23. The van der Waals surface area contributed by atoms with Gasteiger partial charge in [-0.15, -0.1) is 0 Å². The van der Waals surface area contributed by atoms with E-state index in [1.165, 1.54) is 18.4 Å². The molecule has 1 amide bonds. The van der Waals surface area contributed by atoms with E-state index in [4.69, 9.17) is 9.15 Å². The quantitative estimate of drug-likeness (QED) is 0.747. The summed E-state index contributed by atoms with van der Waals surface area (Å²) in [4.78, 5) is 14.2. The minimum atomic E-state index is 0.0406. The lowest BCUT2D eigenvalue weighted by molar-refractivity contribution is -0.125. The molecule has 4 nitrogen and oxygen atoms in total. The van der Waals surface area contributed by atoms with Crippen molar-refractivity contribution < 1.29 is 13.9 Å². The van der Waals surface area contributed by atoms with Gasteiger partial charge in [-0.1, -0.05) is 0 Å². The number of amides is 1. The lowest BCUT2D eigenvalue weighted by Gasteiger charge is -2.17. The number of benzene rings is 1. The molecule has 1 aliphatic rings. The fourth-order valence-electron chi connectivity index (χ4n) is 3.66. The third-order valence-corrected chi connectivity index (χ3v) is 5.12. The van der Waals surface area contributed by atoms with Gasteiger partial charge in [0, 0.05) is 48.2 Å². The SMILES string of the molecule is CCN(CC)C(=O)/C=C(\C)c1cc2c3c(oc2cc1OC)CCCC3. The second-order valence-corrected chi connectivity index (χ2v) is 6.60. The van der Waals surface area contributed by atoms with Gasteiger partial charge in [0.2, 0.25) is 5.91 Å². The predicted molar refractivity (Wildman–Crippen MR) is 101 cm³/mol. The zero-order valence-electron chi connectivity index (χ0n) is 15.6. The molecule has 0 saturated heterocycles. The Morgan fingerprint density at radius 3 is 2.64 bits per heavy atom. The van der Waals surface area contributed by atoms with E-state index < -0.39 is 0 Å².